The van der Waals surface area contributed by atoms with Crippen LogP contribution in [0.2, 0.25) is 72.5 Å². The molecule has 1 aliphatic rings. The van der Waals surface area contributed by atoms with E-state index in [-0.39, 0.29) is 70.1 Å². The fraction of sp³-hybridized carbons (Fsp3) is 0.951. The van der Waals surface area contributed by atoms with Crippen molar-refractivity contribution >= 4 is 45.0 Å². The Bertz CT molecular complexity index is 1280. The minimum absolute atomic E-state index is 0.0489. The number of hydrogen-bond acceptors (Lipinski definition) is 9. The van der Waals surface area contributed by atoms with E-state index in [1.807, 2.05) is 13.8 Å². The molecule has 55 heavy (non-hydrogen) atoms. The number of hydrogen-bond donors (Lipinski definition) is 1. The van der Waals surface area contributed by atoms with Crippen molar-refractivity contribution in [2.24, 2.45) is 17.8 Å². The maximum absolute atomic E-state index is 16.1. The van der Waals surface area contributed by atoms with Crippen LogP contribution >= 0.6 is 0 Å². The SMILES string of the molecule is CON(C)C(=O)C[C@H](O[Si](C)(C)C(C)(C)C)[C@H](CO[Si](C)(C)C(C)(C)C)C(=O)[C@H](CO[Si](C)(C)C(C)(C)C)[C@H](O[Si](C)(C)C(C)(C)C)[C@]1(C)O[C@@H]1[C@@H](C)CO. The van der Waals surface area contributed by atoms with Gasteiger partial charge in [0.2, 0.25) is 5.91 Å². The van der Waals surface area contributed by atoms with Gasteiger partial charge in [0.1, 0.15) is 11.4 Å². The Labute approximate surface area is 342 Å². The number of aliphatic hydroxyl groups excluding tert-OH is 1. The lowest BCUT2D eigenvalue weighted by Crippen LogP contribution is -2.57. The Morgan fingerprint density at radius 2 is 1.09 bits per heavy atom. The summed E-state index contributed by atoms with van der Waals surface area (Å²) < 4.78 is 35.1. The van der Waals surface area contributed by atoms with E-state index in [2.05, 4.69) is 135 Å². The molecule has 1 aliphatic heterocycles. The van der Waals surface area contributed by atoms with Crippen LogP contribution in [-0.4, -0.2) is 113 Å². The lowest BCUT2D eigenvalue weighted by atomic mass is 9.79. The van der Waals surface area contributed by atoms with E-state index in [1.54, 1.807) is 7.05 Å². The topological polar surface area (TPSA) is 116 Å². The van der Waals surface area contributed by atoms with Crippen LogP contribution in [0.1, 0.15) is 103 Å². The van der Waals surface area contributed by atoms with Gasteiger partial charge in [-0.2, -0.15) is 0 Å². The molecule has 1 saturated heterocycles. The predicted molar refractivity (Wildman–Crippen MR) is 236 cm³/mol. The van der Waals surface area contributed by atoms with E-state index in [1.165, 1.54) is 12.2 Å². The minimum Gasteiger partial charge on any atom is -0.416 e. The molecule has 1 heterocycles. The van der Waals surface area contributed by atoms with Crippen LogP contribution in [-0.2, 0) is 36.9 Å². The molecule has 0 aromatic heterocycles. The first kappa shape index (κ1) is 52.7. The monoisotopic (exact) mass is 850 g/mol. The number of amides is 1. The lowest BCUT2D eigenvalue weighted by molar-refractivity contribution is -0.171. The maximum atomic E-state index is 16.1. The average molecular weight is 850 g/mol. The van der Waals surface area contributed by atoms with Gasteiger partial charge in [0.25, 0.3) is 0 Å². The van der Waals surface area contributed by atoms with Crippen molar-refractivity contribution in [3.8, 4) is 0 Å². The molecular weight excluding hydrogens is 763 g/mol. The summed E-state index contributed by atoms with van der Waals surface area (Å²) in [5, 5.41) is 10.9. The van der Waals surface area contributed by atoms with Crippen molar-refractivity contribution < 1.29 is 42.0 Å². The molecule has 0 bridgehead atoms. The van der Waals surface area contributed by atoms with Crippen molar-refractivity contribution in [3.05, 3.63) is 0 Å². The van der Waals surface area contributed by atoms with E-state index in [4.69, 9.17) is 27.3 Å². The van der Waals surface area contributed by atoms with Gasteiger partial charge < -0.3 is 27.5 Å². The molecule has 0 aromatic rings. The Morgan fingerprint density at radius 3 is 1.45 bits per heavy atom. The van der Waals surface area contributed by atoms with Crippen LogP contribution in [0.3, 0.4) is 0 Å². The molecule has 0 unspecified atom stereocenters. The van der Waals surface area contributed by atoms with Gasteiger partial charge in [-0.15, -0.1) is 0 Å². The second-order valence-electron chi connectivity index (χ2n) is 22.6. The zero-order valence-corrected chi connectivity index (χ0v) is 44.0. The summed E-state index contributed by atoms with van der Waals surface area (Å²) in [6.45, 7) is 47.9. The molecule has 0 radical (unpaired) electrons. The predicted octanol–water partition coefficient (Wildman–Crippen LogP) is 9.81. The largest absolute Gasteiger partial charge is 0.416 e. The zero-order chi connectivity index (χ0) is 43.8. The van der Waals surface area contributed by atoms with E-state index < -0.39 is 62.9 Å². The first-order chi connectivity index (χ1) is 24.2. The smallest absolute Gasteiger partial charge is 0.248 e. The Hall–Kier alpha value is -0.272. The number of rotatable bonds is 20. The number of ketones is 1. The summed E-state index contributed by atoms with van der Waals surface area (Å²) in [7, 11) is -6.84. The fourth-order valence-corrected chi connectivity index (χ4v) is 10.4. The molecule has 1 fully saturated rings. The van der Waals surface area contributed by atoms with Crippen LogP contribution in [0.15, 0.2) is 0 Å². The quantitative estimate of drug-likeness (QED) is 0.0726. The maximum Gasteiger partial charge on any atom is 0.248 e. The third kappa shape index (κ3) is 13.1. The highest BCUT2D eigenvalue weighted by molar-refractivity contribution is 6.75. The molecule has 7 atom stereocenters. The van der Waals surface area contributed by atoms with E-state index in [0.29, 0.717) is 0 Å². The van der Waals surface area contributed by atoms with Crippen molar-refractivity contribution in [1.82, 2.24) is 5.06 Å². The average Bonchev–Trinajstić information content (AvgIpc) is 3.69. The molecule has 10 nitrogen and oxygen atoms in total. The second-order valence-corrected chi connectivity index (χ2v) is 41.8. The van der Waals surface area contributed by atoms with E-state index in [9.17, 15) is 9.90 Å². The van der Waals surface area contributed by atoms with E-state index >= 15 is 4.79 Å². The van der Waals surface area contributed by atoms with Gasteiger partial charge >= 0.3 is 0 Å². The Balaban J connectivity index is 4.29. The minimum atomic E-state index is -2.56. The molecule has 0 saturated carbocycles. The van der Waals surface area contributed by atoms with Gasteiger partial charge in [0.05, 0.1) is 43.7 Å². The summed E-state index contributed by atoms with van der Waals surface area (Å²) in [5.74, 6) is -2.16. The van der Waals surface area contributed by atoms with Crippen molar-refractivity contribution in [2.75, 3.05) is 34.0 Å². The lowest BCUT2D eigenvalue weighted by Gasteiger charge is -2.46. The summed E-state index contributed by atoms with van der Waals surface area (Å²) in [6.07, 6.45) is -1.86. The number of nitrogens with zero attached hydrogens (tertiary/aromatic N) is 1. The number of ether oxygens (including phenoxy) is 1. The molecule has 0 spiro atoms. The van der Waals surface area contributed by atoms with Crippen LogP contribution in [0.4, 0.5) is 0 Å². The standard InChI is InChI=1S/C41H87NO9Si4/c1-29(26-43)35-41(14,49-35)36(51-55(23,24)40(11,12)13)31(28-48-53(19,20)38(5,6)7)34(45)30(27-47-52(17,18)37(2,3)4)32(25-33(44)42(15)46-16)50-54(21,22)39(8,9)10/h29-32,35-36,43H,25-28H2,1-24H3/t29-,30-,31-,32-,35+,36-,41+/m0/s1. The number of epoxide rings is 1. The first-order valence-electron chi connectivity index (χ1n) is 20.5. The van der Waals surface area contributed by atoms with Crippen molar-refractivity contribution in [2.45, 2.75) is 200 Å². The number of Topliss-reactive ketones (excluding diaryl/α,β-unsaturated/α-hetero) is 1. The fourth-order valence-electron chi connectivity index (χ4n) is 5.56. The number of hydroxylamine groups is 2. The molecular formula is C41H87NO9Si4. The van der Waals surface area contributed by atoms with Gasteiger partial charge in [-0.1, -0.05) is 90.0 Å². The van der Waals surface area contributed by atoms with Gasteiger partial charge in [0, 0.05) is 32.8 Å². The van der Waals surface area contributed by atoms with Gasteiger partial charge in [-0.25, -0.2) is 5.06 Å². The molecule has 14 heteroatoms. The van der Waals surface area contributed by atoms with Crippen LogP contribution in [0.5, 0.6) is 0 Å². The second kappa shape index (κ2) is 18.1. The molecule has 1 amide bonds. The summed E-state index contributed by atoms with van der Waals surface area (Å²) in [4.78, 5) is 35.2. The third-order valence-corrected chi connectivity index (χ3v) is 32.1. The number of carbonyl (C=O) groups excluding carboxylic acids is 2. The Morgan fingerprint density at radius 1 is 0.709 bits per heavy atom. The summed E-state index contributed by atoms with van der Waals surface area (Å²) >= 11 is 0. The van der Waals surface area contributed by atoms with Crippen LogP contribution < -0.4 is 0 Å². The highest BCUT2D eigenvalue weighted by Crippen LogP contribution is 2.51. The van der Waals surface area contributed by atoms with Gasteiger partial charge in [0.15, 0.2) is 33.3 Å². The van der Waals surface area contributed by atoms with Crippen molar-refractivity contribution in [1.29, 1.82) is 0 Å². The van der Waals surface area contributed by atoms with Crippen LogP contribution in [0.25, 0.3) is 0 Å². The third-order valence-electron chi connectivity index (χ3n) is 14.1. The Kier molecular flexibility index (Phi) is 17.4. The molecule has 0 aliphatic carbocycles. The molecule has 326 valence electrons. The van der Waals surface area contributed by atoms with E-state index in [0.717, 1.165) is 0 Å². The first-order valence-corrected chi connectivity index (χ1v) is 32.1. The zero-order valence-electron chi connectivity index (χ0n) is 40.0. The highest BCUT2D eigenvalue weighted by atomic mass is 28.4. The van der Waals surface area contributed by atoms with Crippen molar-refractivity contribution in [3.63, 3.8) is 0 Å². The number of carbonyl (C=O) groups is 2. The summed E-state index contributed by atoms with van der Waals surface area (Å²) in [6, 6.07) is 0. The molecule has 0 aromatic carbocycles. The van der Waals surface area contributed by atoms with Gasteiger partial charge in [-0.05, 0) is 79.5 Å². The number of aliphatic hydroxyl groups is 1. The summed E-state index contributed by atoms with van der Waals surface area (Å²) in [5.41, 5.74) is -0.860. The normalized spacial score (nSPS) is 22.2. The molecule has 1 N–H and O–H groups in total. The highest BCUT2D eigenvalue weighted by Gasteiger charge is 2.65. The van der Waals surface area contributed by atoms with Crippen LogP contribution in [0, 0.1) is 17.8 Å². The van der Waals surface area contributed by atoms with Gasteiger partial charge in [-0.3, -0.25) is 14.4 Å². The molecule has 1 rings (SSSR count).